The smallest absolute Gasteiger partial charge is 0.340 e. The van der Waals surface area contributed by atoms with Gasteiger partial charge in [0.25, 0.3) is 11.8 Å². The van der Waals surface area contributed by atoms with Gasteiger partial charge in [0.2, 0.25) is 0 Å². The van der Waals surface area contributed by atoms with Crippen molar-refractivity contribution in [3.8, 4) is 0 Å². The maximum atomic E-state index is 12.4. The Morgan fingerprint density at radius 3 is 2.71 bits per heavy atom. The molecular weight excluding hydrogens is 360 g/mol. The summed E-state index contributed by atoms with van der Waals surface area (Å²) in [6.07, 6.45) is 4.25. The standard InChI is InChI=1S/C21H28N2O5/c1-14-7-3-6-10-17(14)22-18(24)12-28-20(26)21(2,27)13-23-11-15-8-4-5-9-16(15)19(23)25/h4-5,8-9,14,17,27H,3,6-7,10-13H2,1-2H3,(H,22,24)/t14-,17-,21+/m1/s1. The summed E-state index contributed by atoms with van der Waals surface area (Å²) in [5.74, 6) is -1.11. The van der Waals surface area contributed by atoms with E-state index < -0.39 is 18.2 Å². The number of ether oxygens (including phenoxy) is 1. The Balaban J connectivity index is 1.49. The van der Waals surface area contributed by atoms with E-state index in [0.29, 0.717) is 18.0 Å². The first-order chi connectivity index (χ1) is 13.3. The minimum absolute atomic E-state index is 0.0983. The Labute approximate surface area is 165 Å². The van der Waals surface area contributed by atoms with Crippen molar-refractivity contribution in [2.24, 2.45) is 5.92 Å². The number of carbonyl (C=O) groups excluding carboxylic acids is 3. The fourth-order valence-electron chi connectivity index (χ4n) is 3.94. The Bertz CT molecular complexity index is 761. The third-order valence-corrected chi connectivity index (χ3v) is 5.63. The average molecular weight is 388 g/mol. The predicted octanol–water partition coefficient (Wildman–Crippen LogP) is 1.63. The average Bonchev–Trinajstić information content (AvgIpc) is 2.97. The highest BCUT2D eigenvalue weighted by atomic mass is 16.6. The molecular formula is C21H28N2O5. The number of carbonyl (C=O) groups is 3. The maximum absolute atomic E-state index is 12.4. The summed E-state index contributed by atoms with van der Waals surface area (Å²) in [6, 6.07) is 7.28. The molecule has 28 heavy (non-hydrogen) atoms. The summed E-state index contributed by atoms with van der Waals surface area (Å²) < 4.78 is 5.03. The van der Waals surface area contributed by atoms with E-state index in [2.05, 4.69) is 12.2 Å². The molecule has 1 fully saturated rings. The number of hydrogen-bond donors (Lipinski definition) is 2. The molecule has 1 aromatic carbocycles. The quantitative estimate of drug-likeness (QED) is 0.722. The van der Waals surface area contributed by atoms with Gasteiger partial charge in [-0.2, -0.15) is 0 Å². The lowest BCUT2D eigenvalue weighted by Gasteiger charge is -2.30. The summed E-state index contributed by atoms with van der Waals surface area (Å²) in [5.41, 5.74) is -0.457. The maximum Gasteiger partial charge on any atom is 0.340 e. The first kappa shape index (κ1) is 20.3. The zero-order valence-corrected chi connectivity index (χ0v) is 16.4. The van der Waals surface area contributed by atoms with Crippen LogP contribution in [-0.2, 0) is 20.9 Å². The molecule has 0 bridgehead atoms. The number of hydrogen-bond acceptors (Lipinski definition) is 5. The van der Waals surface area contributed by atoms with Gasteiger partial charge < -0.3 is 20.1 Å². The predicted molar refractivity (Wildman–Crippen MR) is 102 cm³/mol. The van der Waals surface area contributed by atoms with Gasteiger partial charge in [0.15, 0.2) is 12.2 Å². The first-order valence-electron chi connectivity index (χ1n) is 9.84. The Morgan fingerprint density at radius 1 is 1.29 bits per heavy atom. The number of rotatable bonds is 6. The van der Waals surface area contributed by atoms with Crippen LogP contribution in [0.5, 0.6) is 0 Å². The van der Waals surface area contributed by atoms with Crippen molar-refractivity contribution >= 4 is 17.8 Å². The second kappa shape index (κ2) is 8.31. The monoisotopic (exact) mass is 388 g/mol. The fraction of sp³-hybridized carbons (Fsp3) is 0.571. The van der Waals surface area contributed by atoms with Gasteiger partial charge in [0, 0.05) is 18.2 Å². The van der Waals surface area contributed by atoms with Crippen LogP contribution in [0.25, 0.3) is 0 Å². The number of fused-ring (bicyclic) bond motifs is 1. The number of amides is 2. The summed E-state index contributed by atoms with van der Waals surface area (Å²) >= 11 is 0. The number of esters is 1. The molecule has 7 heteroatoms. The van der Waals surface area contributed by atoms with Gasteiger partial charge in [0.05, 0.1) is 6.54 Å². The van der Waals surface area contributed by atoms with E-state index in [9.17, 15) is 19.5 Å². The highest BCUT2D eigenvalue weighted by molar-refractivity contribution is 5.98. The molecule has 2 amide bonds. The number of nitrogens with zero attached hydrogens (tertiary/aromatic N) is 1. The van der Waals surface area contributed by atoms with Crippen LogP contribution in [0.2, 0.25) is 0 Å². The lowest BCUT2D eigenvalue weighted by atomic mass is 9.86. The Morgan fingerprint density at radius 2 is 2.00 bits per heavy atom. The SMILES string of the molecule is C[C@@H]1CCCC[C@H]1NC(=O)COC(=O)[C@@](C)(O)CN1Cc2ccccc2C1=O. The molecule has 1 saturated carbocycles. The van der Waals surface area contributed by atoms with Gasteiger partial charge in [-0.05, 0) is 37.3 Å². The van der Waals surface area contributed by atoms with Gasteiger partial charge in [0.1, 0.15) is 0 Å². The molecule has 1 aliphatic heterocycles. The molecule has 3 rings (SSSR count). The molecule has 1 heterocycles. The van der Waals surface area contributed by atoms with Crippen molar-refractivity contribution in [3.63, 3.8) is 0 Å². The number of benzene rings is 1. The molecule has 0 aromatic heterocycles. The zero-order valence-electron chi connectivity index (χ0n) is 16.4. The largest absolute Gasteiger partial charge is 0.453 e. The molecule has 2 aliphatic rings. The fourth-order valence-corrected chi connectivity index (χ4v) is 3.94. The van der Waals surface area contributed by atoms with Crippen molar-refractivity contribution in [1.29, 1.82) is 0 Å². The van der Waals surface area contributed by atoms with Crippen LogP contribution in [0.3, 0.4) is 0 Å². The van der Waals surface area contributed by atoms with Crippen LogP contribution in [-0.4, -0.2) is 52.6 Å². The van der Waals surface area contributed by atoms with E-state index in [1.807, 2.05) is 12.1 Å². The van der Waals surface area contributed by atoms with E-state index in [1.165, 1.54) is 18.2 Å². The molecule has 0 radical (unpaired) electrons. The van der Waals surface area contributed by atoms with Crippen molar-refractivity contribution in [2.75, 3.05) is 13.2 Å². The zero-order chi connectivity index (χ0) is 20.3. The van der Waals surface area contributed by atoms with Gasteiger partial charge in [-0.1, -0.05) is 38.0 Å². The van der Waals surface area contributed by atoms with Crippen LogP contribution in [0.1, 0.15) is 55.5 Å². The lowest BCUT2D eigenvalue weighted by Crippen LogP contribution is -2.49. The van der Waals surface area contributed by atoms with E-state index in [0.717, 1.165) is 24.8 Å². The molecule has 2 N–H and O–H groups in total. The van der Waals surface area contributed by atoms with Crippen molar-refractivity contribution in [3.05, 3.63) is 35.4 Å². The lowest BCUT2D eigenvalue weighted by molar-refractivity contribution is -0.167. The van der Waals surface area contributed by atoms with Crippen LogP contribution < -0.4 is 5.32 Å². The summed E-state index contributed by atoms with van der Waals surface area (Å²) in [7, 11) is 0. The Hall–Kier alpha value is -2.41. The molecule has 0 saturated heterocycles. The number of aliphatic hydroxyl groups is 1. The van der Waals surface area contributed by atoms with E-state index in [1.54, 1.807) is 12.1 Å². The van der Waals surface area contributed by atoms with Crippen molar-refractivity contribution < 1.29 is 24.2 Å². The van der Waals surface area contributed by atoms with Gasteiger partial charge >= 0.3 is 5.97 Å². The summed E-state index contributed by atoms with van der Waals surface area (Å²) in [6.45, 7) is 3.10. The van der Waals surface area contributed by atoms with Crippen LogP contribution >= 0.6 is 0 Å². The second-order valence-electron chi connectivity index (χ2n) is 8.10. The number of nitrogens with one attached hydrogen (secondary N) is 1. The minimum atomic E-state index is -1.89. The van der Waals surface area contributed by atoms with E-state index >= 15 is 0 Å². The van der Waals surface area contributed by atoms with E-state index in [-0.39, 0.29) is 24.4 Å². The second-order valence-corrected chi connectivity index (χ2v) is 8.10. The van der Waals surface area contributed by atoms with Crippen LogP contribution in [0.4, 0.5) is 0 Å². The molecule has 0 spiro atoms. The van der Waals surface area contributed by atoms with Gasteiger partial charge in [-0.25, -0.2) is 4.79 Å². The van der Waals surface area contributed by atoms with Crippen molar-refractivity contribution in [2.45, 2.75) is 57.7 Å². The van der Waals surface area contributed by atoms with Crippen molar-refractivity contribution in [1.82, 2.24) is 10.2 Å². The minimum Gasteiger partial charge on any atom is -0.453 e. The molecule has 7 nitrogen and oxygen atoms in total. The Kier molecular flexibility index (Phi) is 6.03. The highest BCUT2D eigenvalue weighted by Gasteiger charge is 2.39. The molecule has 1 aromatic rings. The topological polar surface area (TPSA) is 95.9 Å². The van der Waals surface area contributed by atoms with Gasteiger partial charge in [-0.15, -0.1) is 0 Å². The molecule has 1 aliphatic carbocycles. The van der Waals surface area contributed by atoms with E-state index in [4.69, 9.17) is 4.74 Å². The third kappa shape index (κ3) is 4.52. The summed E-state index contributed by atoms with van der Waals surface area (Å²) in [5, 5.41) is 13.4. The summed E-state index contributed by atoms with van der Waals surface area (Å²) in [4.78, 5) is 38.2. The number of β-amino-alcohol motifs (C(OH)–C–C–N with tert-alkyl or cyclic N) is 1. The molecule has 0 unspecified atom stereocenters. The van der Waals surface area contributed by atoms with Crippen LogP contribution in [0.15, 0.2) is 24.3 Å². The highest BCUT2D eigenvalue weighted by Crippen LogP contribution is 2.25. The van der Waals surface area contributed by atoms with Gasteiger partial charge in [-0.3, -0.25) is 9.59 Å². The first-order valence-corrected chi connectivity index (χ1v) is 9.84. The van der Waals surface area contributed by atoms with Crippen LogP contribution in [0, 0.1) is 5.92 Å². The molecule has 152 valence electrons. The third-order valence-electron chi connectivity index (χ3n) is 5.63. The molecule has 3 atom stereocenters. The normalized spacial score (nSPS) is 23.7.